The number of nitrogens with zero attached hydrogens (tertiary/aromatic N) is 1. The molecule has 54 valence electrons. The maximum Gasteiger partial charge on any atom is 0.224 e. The van der Waals surface area contributed by atoms with Crippen LogP contribution in [0.2, 0.25) is 0 Å². The monoisotopic (exact) mass is 169 g/mol. The summed E-state index contributed by atoms with van der Waals surface area (Å²) in [5.74, 6) is 0. The van der Waals surface area contributed by atoms with Crippen molar-refractivity contribution in [2.24, 2.45) is 0 Å². The fourth-order valence-corrected chi connectivity index (χ4v) is 1.50. The number of sulfonamides is 1. The van der Waals surface area contributed by atoms with Gasteiger partial charge in [0.1, 0.15) is 0 Å². The maximum atomic E-state index is 10.6. The molecule has 0 N–H and O–H groups in total. The maximum absolute atomic E-state index is 10.6. The lowest BCUT2D eigenvalue weighted by Gasteiger charge is -2.07. The Kier molecular flexibility index (Phi) is 1.71. The zero-order chi connectivity index (χ0) is 7.07. The van der Waals surface area contributed by atoms with E-state index in [2.05, 4.69) is 0 Å². The predicted octanol–water partition coefficient (Wildman–Crippen LogP) is 0.564. The SMILES string of the molecule is CS(=O)(=O)N(Cl)C1CC1. The minimum absolute atomic E-state index is 0.0710. The fourth-order valence-electron chi connectivity index (χ4n) is 0.548. The summed E-state index contributed by atoms with van der Waals surface area (Å²) in [6.45, 7) is 0. The van der Waals surface area contributed by atoms with E-state index in [1.54, 1.807) is 0 Å². The molecule has 0 atom stereocenters. The lowest BCUT2D eigenvalue weighted by Crippen LogP contribution is -2.21. The highest BCUT2D eigenvalue weighted by atomic mass is 35.5. The number of halogens is 1. The second-order valence-corrected chi connectivity index (χ2v) is 4.66. The Morgan fingerprint density at radius 1 is 1.56 bits per heavy atom. The van der Waals surface area contributed by atoms with Crippen LogP contribution in [0.4, 0.5) is 0 Å². The minimum Gasteiger partial charge on any atom is -0.211 e. The van der Waals surface area contributed by atoms with Crippen LogP contribution in [0.3, 0.4) is 0 Å². The van der Waals surface area contributed by atoms with E-state index in [0.717, 1.165) is 22.9 Å². The van der Waals surface area contributed by atoms with Crippen molar-refractivity contribution < 1.29 is 8.42 Å². The zero-order valence-corrected chi connectivity index (χ0v) is 6.61. The van der Waals surface area contributed by atoms with Gasteiger partial charge >= 0.3 is 0 Å². The summed E-state index contributed by atoms with van der Waals surface area (Å²) in [6.07, 6.45) is 2.91. The highest BCUT2D eigenvalue weighted by Crippen LogP contribution is 2.30. The van der Waals surface area contributed by atoms with Crippen LogP contribution < -0.4 is 0 Å². The Balaban J connectivity index is 2.61. The summed E-state index contributed by atoms with van der Waals surface area (Å²) in [5, 5.41) is 0. The van der Waals surface area contributed by atoms with Gasteiger partial charge in [0, 0.05) is 6.04 Å². The average Bonchev–Trinajstić information content (AvgIpc) is 2.40. The van der Waals surface area contributed by atoms with Gasteiger partial charge in [0.25, 0.3) is 0 Å². The first-order valence-electron chi connectivity index (χ1n) is 2.67. The molecular formula is C4H8ClNO2S. The zero-order valence-electron chi connectivity index (χ0n) is 5.04. The van der Waals surface area contributed by atoms with E-state index in [0.29, 0.717) is 0 Å². The van der Waals surface area contributed by atoms with Crippen molar-refractivity contribution in [3.63, 3.8) is 0 Å². The van der Waals surface area contributed by atoms with Crippen molar-refractivity contribution >= 4 is 21.8 Å². The van der Waals surface area contributed by atoms with Crippen LogP contribution in [0.15, 0.2) is 0 Å². The molecule has 0 aromatic rings. The van der Waals surface area contributed by atoms with E-state index in [1.165, 1.54) is 0 Å². The first-order valence-corrected chi connectivity index (χ1v) is 4.85. The van der Waals surface area contributed by atoms with Crippen LogP contribution >= 0.6 is 11.8 Å². The van der Waals surface area contributed by atoms with Gasteiger partial charge in [-0.15, -0.1) is 3.82 Å². The molecule has 0 saturated heterocycles. The second kappa shape index (κ2) is 2.11. The first-order chi connectivity index (χ1) is 4.02. The molecule has 0 aromatic heterocycles. The van der Waals surface area contributed by atoms with Crippen LogP contribution in [-0.2, 0) is 10.0 Å². The smallest absolute Gasteiger partial charge is 0.211 e. The van der Waals surface area contributed by atoms with Gasteiger partial charge in [-0.05, 0) is 24.6 Å². The Hall–Kier alpha value is 0.200. The Morgan fingerprint density at radius 2 is 2.00 bits per heavy atom. The Bertz CT molecular complexity index is 197. The molecule has 0 heterocycles. The minimum atomic E-state index is -3.14. The van der Waals surface area contributed by atoms with Crippen molar-refractivity contribution in [1.82, 2.24) is 3.82 Å². The Labute approximate surface area is 59.8 Å². The van der Waals surface area contributed by atoms with E-state index in [4.69, 9.17) is 11.8 Å². The van der Waals surface area contributed by atoms with E-state index >= 15 is 0 Å². The van der Waals surface area contributed by atoms with E-state index in [1.807, 2.05) is 0 Å². The Morgan fingerprint density at radius 3 is 2.11 bits per heavy atom. The van der Waals surface area contributed by atoms with Gasteiger partial charge < -0.3 is 0 Å². The van der Waals surface area contributed by atoms with Crippen LogP contribution in [0.5, 0.6) is 0 Å². The molecule has 1 rings (SSSR count). The van der Waals surface area contributed by atoms with Crippen molar-refractivity contribution in [2.75, 3.05) is 6.26 Å². The third-order valence-electron chi connectivity index (χ3n) is 1.15. The summed E-state index contributed by atoms with van der Waals surface area (Å²) in [6, 6.07) is 0.0710. The number of hydrogen-bond donors (Lipinski definition) is 0. The van der Waals surface area contributed by atoms with Crippen molar-refractivity contribution in [1.29, 1.82) is 0 Å². The molecular weight excluding hydrogens is 162 g/mol. The molecule has 1 aliphatic carbocycles. The van der Waals surface area contributed by atoms with Crippen LogP contribution in [0, 0.1) is 0 Å². The molecule has 3 nitrogen and oxygen atoms in total. The molecule has 0 spiro atoms. The van der Waals surface area contributed by atoms with Gasteiger partial charge in [0.15, 0.2) is 0 Å². The third kappa shape index (κ3) is 1.81. The molecule has 1 fully saturated rings. The molecule has 0 aliphatic heterocycles. The predicted molar refractivity (Wildman–Crippen MR) is 35.6 cm³/mol. The summed E-state index contributed by atoms with van der Waals surface area (Å²) in [7, 11) is -3.14. The summed E-state index contributed by atoms with van der Waals surface area (Å²) in [5.41, 5.74) is 0. The molecule has 0 aromatic carbocycles. The van der Waals surface area contributed by atoms with Crippen molar-refractivity contribution in [3.8, 4) is 0 Å². The van der Waals surface area contributed by atoms with Gasteiger partial charge in [0.05, 0.1) is 6.26 Å². The lowest BCUT2D eigenvalue weighted by atomic mass is 10.8. The summed E-state index contributed by atoms with van der Waals surface area (Å²) >= 11 is 5.40. The molecule has 9 heavy (non-hydrogen) atoms. The van der Waals surface area contributed by atoms with Crippen LogP contribution in [0.25, 0.3) is 0 Å². The standard InChI is InChI=1S/C4H8ClNO2S/c1-9(7,8)6(5)4-2-3-4/h4H,2-3H2,1H3. The lowest BCUT2D eigenvalue weighted by molar-refractivity contribution is 0.540. The molecule has 0 amide bonds. The average molecular weight is 170 g/mol. The van der Waals surface area contributed by atoms with Gasteiger partial charge in [-0.3, -0.25) is 0 Å². The fraction of sp³-hybridized carbons (Fsp3) is 1.00. The normalized spacial score (nSPS) is 20.8. The highest BCUT2D eigenvalue weighted by molar-refractivity contribution is 7.89. The molecule has 0 radical (unpaired) electrons. The number of hydrogen-bond acceptors (Lipinski definition) is 2. The topological polar surface area (TPSA) is 37.4 Å². The quantitative estimate of drug-likeness (QED) is 0.567. The van der Waals surface area contributed by atoms with Gasteiger partial charge in [-0.2, -0.15) is 0 Å². The molecule has 1 aliphatic rings. The van der Waals surface area contributed by atoms with E-state index < -0.39 is 10.0 Å². The number of rotatable bonds is 2. The van der Waals surface area contributed by atoms with Crippen LogP contribution in [0.1, 0.15) is 12.8 Å². The first kappa shape index (κ1) is 7.31. The molecule has 0 unspecified atom stereocenters. The summed E-state index contributed by atoms with van der Waals surface area (Å²) < 4.78 is 22.1. The van der Waals surface area contributed by atoms with Crippen molar-refractivity contribution in [3.05, 3.63) is 0 Å². The van der Waals surface area contributed by atoms with Crippen LogP contribution in [-0.4, -0.2) is 24.5 Å². The van der Waals surface area contributed by atoms with Gasteiger partial charge in [0.2, 0.25) is 10.0 Å². The summed E-state index contributed by atoms with van der Waals surface area (Å²) in [4.78, 5) is 0. The molecule has 0 bridgehead atoms. The largest absolute Gasteiger partial charge is 0.224 e. The van der Waals surface area contributed by atoms with Crippen molar-refractivity contribution in [2.45, 2.75) is 18.9 Å². The van der Waals surface area contributed by atoms with Gasteiger partial charge in [-0.1, -0.05) is 0 Å². The third-order valence-corrected chi connectivity index (χ3v) is 3.11. The second-order valence-electron chi connectivity index (χ2n) is 2.24. The molecule has 1 saturated carbocycles. The van der Waals surface area contributed by atoms with Gasteiger partial charge in [-0.25, -0.2) is 8.42 Å². The van der Waals surface area contributed by atoms with E-state index in [9.17, 15) is 8.42 Å². The molecule has 5 heteroatoms. The van der Waals surface area contributed by atoms with E-state index in [-0.39, 0.29) is 6.04 Å². The highest BCUT2D eigenvalue weighted by Gasteiger charge is 2.33.